The summed E-state index contributed by atoms with van der Waals surface area (Å²) in [6, 6.07) is 10.7. The Hall–Kier alpha value is -1.90. The Kier molecular flexibility index (Phi) is 3.00. The van der Waals surface area contributed by atoms with Gasteiger partial charge in [-0.3, -0.25) is 0 Å². The predicted molar refractivity (Wildman–Crippen MR) is 83.1 cm³/mol. The van der Waals surface area contributed by atoms with Gasteiger partial charge >= 0.3 is 0 Å². The van der Waals surface area contributed by atoms with E-state index in [1.54, 1.807) is 0 Å². The maximum absolute atomic E-state index is 4.54. The van der Waals surface area contributed by atoms with Gasteiger partial charge in [0.2, 0.25) is 0 Å². The molecule has 20 heavy (non-hydrogen) atoms. The van der Waals surface area contributed by atoms with Crippen molar-refractivity contribution in [1.82, 2.24) is 10.2 Å². The van der Waals surface area contributed by atoms with E-state index in [0.29, 0.717) is 0 Å². The van der Waals surface area contributed by atoms with Gasteiger partial charge in [-0.25, -0.2) is 0 Å². The van der Waals surface area contributed by atoms with Crippen molar-refractivity contribution < 1.29 is 0 Å². The number of hydrogen-bond donors (Lipinski definition) is 0. The first-order chi connectivity index (χ1) is 9.47. The third-order valence-corrected chi connectivity index (χ3v) is 3.93. The van der Waals surface area contributed by atoms with Crippen LogP contribution in [0.4, 0.5) is 5.69 Å². The van der Waals surface area contributed by atoms with E-state index in [4.69, 9.17) is 0 Å². The molecule has 0 fully saturated rings. The zero-order valence-electron chi connectivity index (χ0n) is 12.6. The first-order valence-corrected chi connectivity index (χ1v) is 7.14. The van der Waals surface area contributed by atoms with E-state index < -0.39 is 0 Å². The summed E-state index contributed by atoms with van der Waals surface area (Å²) < 4.78 is 0. The number of fused-ring (bicyclic) bond motifs is 3. The Balaban J connectivity index is 2.18. The predicted octanol–water partition coefficient (Wildman–Crippen LogP) is 3.43. The Morgan fingerprint density at radius 2 is 1.85 bits per heavy atom. The molecule has 0 atom stereocenters. The van der Waals surface area contributed by atoms with Gasteiger partial charge in [-0.15, -0.1) is 5.10 Å². The van der Waals surface area contributed by atoms with E-state index in [2.05, 4.69) is 73.2 Å². The Morgan fingerprint density at radius 1 is 1.10 bits per heavy atom. The van der Waals surface area contributed by atoms with Crippen LogP contribution in [0, 0.1) is 0 Å². The first-order valence-electron chi connectivity index (χ1n) is 7.14. The van der Waals surface area contributed by atoms with Crippen molar-refractivity contribution in [3.63, 3.8) is 0 Å². The minimum atomic E-state index is 0.0414. The van der Waals surface area contributed by atoms with E-state index in [-0.39, 0.29) is 5.41 Å². The summed E-state index contributed by atoms with van der Waals surface area (Å²) in [5, 5.41) is 9.01. The molecule has 0 radical (unpaired) electrons. The molecule has 0 amide bonds. The molecule has 0 saturated carbocycles. The van der Waals surface area contributed by atoms with Gasteiger partial charge in [-0.05, 0) is 24.1 Å². The van der Waals surface area contributed by atoms with Gasteiger partial charge in [0.15, 0.2) is 0 Å². The molecule has 0 unspecified atom stereocenters. The van der Waals surface area contributed by atoms with Gasteiger partial charge < -0.3 is 4.90 Å². The number of likely N-dealkylation sites (N-methyl/N-ethyl adjacent to an activating group) is 1. The highest BCUT2D eigenvalue weighted by Crippen LogP contribution is 2.35. The molecule has 2 aromatic rings. The third kappa shape index (κ3) is 2.17. The largest absolute Gasteiger partial charge is 0.374 e. The summed E-state index contributed by atoms with van der Waals surface area (Å²) in [4.78, 5) is 2.30. The molecule has 2 heterocycles. The maximum Gasteiger partial charge on any atom is 0.0983 e. The van der Waals surface area contributed by atoms with Crippen molar-refractivity contribution in [3.8, 4) is 11.3 Å². The molecule has 0 spiro atoms. The lowest BCUT2D eigenvalue weighted by Crippen LogP contribution is -2.19. The van der Waals surface area contributed by atoms with Crippen LogP contribution in [-0.4, -0.2) is 23.8 Å². The lowest BCUT2D eigenvalue weighted by atomic mass is 9.90. The number of para-hydroxylation sites is 1. The van der Waals surface area contributed by atoms with Gasteiger partial charge in [-0.2, -0.15) is 5.10 Å². The maximum atomic E-state index is 4.54. The summed E-state index contributed by atoms with van der Waals surface area (Å²) >= 11 is 0. The summed E-state index contributed by atoms with van der Waals surface area (Å²) in [6.45, 7) is 7.56. The molecule has 0 aliphatic carbocycles. The van der Waals surface area contributed by atoms with E-state index in [0.717, 1.165) is 24.4 Å². The van der Waals surface area contributed by atoms with Crippen LogP contribution in [0.2, 0.25) is 0 Å². The molecular weight excluding hydrogens is 246 g/mol. The normalized spacial score (nSPS) is 14.5. The number of hydrogen-bond acceptors (Lipinski definition) is 3. The average molecular weight is 267 g/mol. The SMILES string of the molecule is CN1CCc2cc(C(C)(C)C)nnc2-c2ccccc21. The molecular formula is C17H21N3. The second-order valence-electron chi connectivity index (χ2n) is 6.54. The van der Waals surface area contributed by atoms with Gasteiger partial charge in [0.25, 0.3) is 0 Å². The highest BCUT2D eigenvalue weighted by Gasteiger charge is 2.22. The number of aromatic nitrogens is 2. The van der Waals surface area contributed by atoms with Crippen LogP contribution < -0.4 is 4.90 Å². The molecule has 1 aliphatic rings. The van der Waals surface area contributed by atoms with Gasteiger partial charge in [0.05, 0.1) is 11.4 Å². The van der Waals surface area contributed by atoms with Crippen LogP contribution in [-0.2, 0) is 11.8 Å². The van der Waals surface area contributed by atoms with Gasteiger partial charge in [0, 0.05) is 30.3 Å². The molecule has 1 aliphatic heterocycles. The van der Waals surface area contributed by atoms with E-state index >= 15 is 0 Å². The third-order valence-electron chi connectivity index (χ3n) is 3.93. The zero-order chi connectivity index (χ0) is 14.3. The van der Waals surface area contributed by atoms with Crippen LogP contribution in [0.5, 0.6) is 0 Å². The molecule has 1 aromatic heterocycles. The standard InChI is InChI=1S/C17H21N3/c1-17(2,3)15-11-12-9-10-20(4)14-8-6-5-7-13(14)16(12)19-18-15/h5-8,11H,9-10H2,1-4H3. The Bertz CT molecular complexity index is 641. The van der Waals surface area contributed by atoms with Crippen LogP contribution in [0.15, 0.2) is 30.3 Å². The summed E-state index contributed by atoms with van der Waals surface area (Å²) in [5.74, 6) is 0. The van der Waals surface area contributed by atoms with Crippen molar-refractivity contribution in [1.29, 1.82) is 0 Å². The van der Waals surface area contributed by atoms with Crippen molar-refractivity contribution >= 4 is 5.69 Å². The topological polar surface area (TPSA) is 29.0 Å². The molecule has 3 rings (SSSR count). The van der Waals surface area contributed by atoms with E-state index in [1.807, 2.05) is 0 Å². The quantitative estimate of drug-likeness (QED) is 0.732. The molecule has 0 N–H and O–H groups in total. The molecule has 0 saturated heterocycles. The molecule has 1 aromatic carbocycles. The van der Waals surface area contributed by atoms with Crippen LogP contribution >= 0.6 is 0 Å². The fraction of sp³-hybridized carbons (Fsp3) is 0.412. The fourth-order valence-corrected chi connectivity index (χ4v) is 2.63. The number of rotatable bonds is 0. The number of benzene rings is 1. The van der Waals surface area contributed by atoms with Crippen LogP contribution in [0.3, 0.4) is 0 Å². The molecule has 104 valence electrons. The first kappa shape index (κ1) is 13.1. The minimum absolute atomic E-state index is 0.0414. The van der Waals surface area contributed by atoms with Crippen molar-refractivity contribution in [2.24, 2.45) is 0 Å². The highest BCUT2D eigenvalue weighted by molar-refractivity contribution is 5.79. The highest BCUT2D eigenvalue weighted by atomic mass is 15.1. The van der Waals surface area contributed by atoms with Crippen LogP contribution in [0.25, 0.3) is 11.3 Å². The Labute approximate surface area is 120 Å². The van der Waals surface area contributed by atoms with Crippen molar-refractivity contribution in [2.45, 2.75) is 32.6 Å². The summed E-state index contributed by atoms with van der Waals surface area (Å²) in [6.07, 6.45) is 1.01. The Morgan fingerprint density at radius 3 is 2.60 bits per heavy atom. The molecule has 0 bridgehead atoms. The second-order valence-corrected chi connectivity index (χ2v) is 6.54. The monoisotopic (exact) mass is 267 g/mol. The van der Waals surface area contributed by atoms with Crippen LogP contribution in [0.1, 0.15) is 32.0 Å². The lowest BCUT2D eigenvalue weighted by molar-refractivity contribution is 0.557. The van der Waals surface area contributed by atoms with E-state index in [1.165, 1.54) is 16.8 Å². The number of anilines is 1. The minimum Gasteiger partial charge on any atom is -0.374 e. The second kappa shape index (κ2) is 4.58. The van der Waals surface area contributed by atoms with E-state index in [9.17, 15) is 0 Å². The fourth-order valence-electron chi connectivity index (χ4n) is 2.63. The number of nitrogens with zero attached hydrogens (tertiary/aromatic N) is 3. The average Bonchev–Trinajstić information content (AvgIpc) is 2.56. The molecule has 3 nitrogen and oxygen atoms in total. The lowest BCUT2D eigenvalue weighted by Gasteiger charge is -2.18. The van der Waals surface area contributed by atoms with Crippen molar-refractivity contribution in [2.75, 3.05) is 18.5 Å². The summed E-state index contributed by atoms with van der Waals surface area (Å²) in [5.41, 5.74) is 5.89. The van der Waals surface area contributed by atoms with Gasteiger partial charge in [0.1, 0.15) is 0 Å². The summed E-state index contributed by atoms with van der Waals surface area (Å²) in [7, 11) is 2.14. The zero-order valence-corrected chi connectivity index (χ0v) is 12.6. The van der Waals surface area contributed by atoms with Crippen molar-refractivity contribution in [3.05, 3.63) is 41.6 Å². The van der Waals surface area contributed by atoms with Gasteiger partial charge in [-0.1, -0.05) is 39.0 Å². The molecule has 3 heteroatoms. The smallest absolute Gasteiger partial charge is 0.0983 e.